The van der Waals surface area contributed by atoms with Gasteiger partial charge in [-0.1, -0.05) is 6.07 Å². The molecule has 0 saturated carbocycles. The van der Waals surface area contributed by atoms with Gasteiger partial charge in [0.05, 0.1) is 20.6 Å². The smallest absolute Gasteiger partial charge is 0.227 e. The van der Waals surface area contributed by atoms with Gasteiger partial charge >= 0.3 is 0 Å². The lowest BCUT2D eigenvalue weighted by molar-refractivity contribution is -0.134. The summed E-state index contributed by atoms with van der Waals surface area (Å²) in [6.07, 6.45) is 4.61. The number of rotatable bonds is 6. The van der Waals surface area contributed by atoms with Crippen LogP contribution in [-0.2, 0) is 11.2 Å². The van der Waals surface area contributed by atoms with Crippen LogP contribution in [0.15, 0.2) is 18.2 Å². The number of nitrogens with zero attached hydrogens (tertiary/aromatic N) is 1. The Morgan fingerprint density at radius 2 is 2.05 bits per heavy atom. The summed E-state index contributed by atoms with van der Waals surface area (Å²) in [5.74, 6) is 1.51. The van der Waals surface area contributed by atoms with Crippen LogP contribution in [0.25, 0.3) is 0 Å². The van der Waals surface area contributed by atoms with Gasteiger partial charge < -0.3 is 20.1 Å². The van der Waals surface area contributed by atoms with Crippen LogP contribution in [0, 0.1) is 0 Å². The third kappa shape index (κ3) is 3.91. The van der Waals surface area contributed by atoms with E-state index >= 15 is 0 Å². The molecule has 1 saturated heterocycles. The van der Waals surface area contributed by atoms with Crippen molar-refractivity contribution in [1.82, 2.24) is 4.90 Å². The van der Waals surface area contributed by atoms with Crippen LogP contribution in [-0.4, -0.2) is 44.2 Å². The highest BCUT2D eigenvalue weighted by Gasteiger charge is 2.26. The number of hydrogen-bond donors (Lipinski definition) is 1. The molecule has 2 rings (SSSR count). The van der Waals surface area contributed by atoms with Crippen LogP contribution in [0.3, 0.4) is 0 Å². The van der Waals surface area contributed by atoms with Gasteiger partial charge in [0.2, 0.25) is 5.91 Å². The highest BCUT2D eigenvalue weighted by Crippen LogP contribution is 2.28. The highest BCUT2D eigenvalue weighted by molar-refractivity contribution is 5.79. The molecule has 1 fully saturated rings. The van der Waals surface area contributed by atoms with Crippen molar-refractivity contribution in [2.24, 2.45) is 5.73 Å². The van der Waals surface area contributed by atoms with Crippen molar-refractivity contribution in [1.29, 1.82) is 0 Å². The summed E-state index contributed by atoms with van der Waals surface area (Å²) in [7, 11) is 3.21. The third-order valence-electron chi connectivity index (χ3n) is 4.25. The van der Waals surface area contributed by atoms with Gasteiger partial charge in [0.25, 0.3) is 0 Å². The minimum absolute atomic E-state index is 0.172. The molecule has 1 aliphatic heterocycles. The Morgan fingerprint density at radius 1 is 1.27 bits per heavy atom. The van der Waals surface area contributed by atoms with Crippen molar-refractivity contribution in [3.63, 3.8) is 0 Å². The van der Waals surface area contributed by atoms with Gasteiger partial charge in [0, 0.05) is 12.6 Å². The summed E-state index contributed by atoms with van der Waals surface area (Å²) in [4.78, 5) is 14.6. The zero-order valence-electron chi connectivity index (χ0n) is 13.5. The zero-order chi connectivity index (χ0) is 15.9. The van der Waals surface area contributed by atoms with E-state index in [2.05, 4.69) is 0 Å². The summed E-state index contributed by atoms with van der Waals surface area (Å²) in [6, 6.07) is 5.93. The molecule has 22 heavy (non-hydrogen) atoms. The lowest BCUT2D eigenvalue weighted by atomic mass is 9.98. The molecule has 0 aromatic heterocycles. The maximum Gasteiger partial charge on any atom is 0.227 e. The Kier molecular flexibility index (Phi) is 6.07. The van der Waals surface area contributed by atoms with Crippen molar-refractivity contribution in [3.05, 3.63) is 23.8 Å². The summed E-state index contributed by atoms with van der Waals surface area (Å²) in [6.45, 7) is 1.47. The van der Waals surface area contributed by atoms with Gasteiger partial charge in [-0.25, -0.2) is 0 Å². The zero-order valence-corrected chi connectivity index (χ0v) is 13.5. The van der Waals surface area contributed by atoms with E-state index in [1.54, 1.807) is 14.2 Å². The number of carbonyl (C=O) groups excluding carboxylic acids is 1. The van der Waals surface area contributed by atoms with E-state index in [4.69, 9.17) is 15.2 Å². The second-order valence-corrected chi connectivity index (χ2v) is 5.68. The van der Waals surface area contributed by atoms with Crippen LogP contribution in [0.4, 0.5) is 0 Å². The molecule has 1 aromatic carbocycles. The fraction of sp³-hybridized carbons (Fsp3) is 0.588. The van der Waals surface area contributed by atoms with Crippen molar-refractivity contribution < 1.29 is 14.3 Å². The lowest BCUT2D eigenvalue weighted by Gasteiger charge is -2.36. The molecule has 1 aromatic rings. The standard InChI is InChI=1S/C17H26N2O3/c1-21-15-7-6-13(11-16(15)22-2)12-17(20)19-10-4-3-5-14(19)8-9-18/h6-7,11,14H,3-5,8-10,12,18H2,1-2H3. The second-order valence-electron chi connectivity index (χ2n) is 5.68. The first kappa shape index (κ1) is 16.6. The maximum atomic E-state index is 12.6. The van der Waals surface area contributed by atoms with Gasteiger partial charge in [-0.15, -0.1) is 0 Å². The molecular weight excluding hydrogens is 280 g/mol. The number of carbonyl (C=O) groups is 1. The first-order chi connectivity index (χ1) is 10.7. The Morgan fingerprint density at radius 3 is 2.73 bits per heavy atom. The topological polar surface area (TPSA) is 64.8 Å². The number of amides is 1. The molecule has 2 N–H and O–H groups in total. The first-order valence-electron chi connectivity index (χ1n) is 7.90. The van der Waals surface area contributed by atoms with Crippen molar-refractivity contribution >= 4 is 5.91 Å². The van der Waals surface area contributed by atoms with E-state index in [1.807, 2.05) is 23.1 Å². The average molecular weight is 306 g/mol. The lowest BCUT2D eigenvalue weighted by Crippen LogP contribution is -2.45. The van der Waals surface area contributed by atoms with E-state index in [0.29, 0.717) is 30.5 Å². The van der Waals surface area contributed by atoms with Crippen LogP contribution in [0.5, 0.6) is 11.5 Å². The molecule has 1 unspecified atom stereocenters. The van der Waals surface area contributed by atoms with Crippen molar-refractivity contribution in [2.75, 3.05) is 27.3 Å². The number of nitrogens with two attached hydrogens (primary N) is 1. The average Bonchev–Trinajstić information content (AvgIpc) is 2.55. The third-order valence-corrected chi connectivity index (χ3v) is 4.25. The van der Waals surface area contributed by atoms with Gasteiger partial charge in [-0.3, -0.25) is 4.79 Å². The predicted molar refractivity (Wildman–Crippen MR) is 86.3 cm³/mol. The maximum absolute atomic E-state index is 12.6. The molecule has 5 nitrogen and oxygen atoms in total. The fourth-order valence-corrected chi connectivity index (χ4v) is 3.09. The van der Waals surface area contributed by atoms with E-state index in [1.165, 1.54) is 6.42 Å². The largest absolute Gasteiger partial charge is 0.493 e. The second kappa shape index (κ2) is 8.03. The van der Waals surface area contributed by atoms with Crippen molar-refractivity contribution in [3.8, 4) is 11.5 Å². The number of methoxy groups -OCH3 is 2. The Bertz CT molecular complexity index is 503. The molecule has 0 bridgehead atoms. The number of ether oxygens (including phenoxy) is 2. The van der Waals surface area contributed by atoms with E-state index in [0.717, 1.165) is 31.4 Å². The molecule has 1 atom stereocenters. The van der Waals surface area contributed by atoms with Crippen LogP contribution in [0.2, 0.25) is 0 Å². The monoisotopic (exact) mass is 306 g/mol. The Balaban J connectivity index is 2.07. The van der Waals surface area contributed by atoms with Crippen molar-refractivity contribution in [2.45, 2.75) is 38.1 Å². The molecule has 1 amide bonds. The summed E-state index contributed by atoms with van der Waals surface area (Å²) in [5, 5.41) is 0. The molecule has 0 radical (unpaired) electrons. The molecule has 122 valence electrons. The molecule has 1 aliphatic rings. The Labute approximate surface area is 132 Å². The van der Waals surface area contributed by atoms with E-state index < -0.39 is 0 Å². The molecule has 0 aliphatic carbocycles. The first-order valence-corrected chi connectivity index (χ1v) is 7.90. The van der Waals surface area contributed by atoms with Gasteiger partial charge in [0.15, 0.2) is 11.5 Å². The minimum atomic E-state index is 0.172. The SMILES string of the molecule is COc1ccc(CC(=O)N2CCCCC2CCN)cc1OC. The summed E-state index contributed by atoms with van der Waals surface area (Å²) in [5.41, 5.74) is 6.62. The molecule has 1 heterocycles. The highest BCUT2D eigenvalue weighted by atomic mass is 16.5. The van der Waals surface area contributed by atoms with Crippen LogP contribution < -0.4 is 15.2 Å². The number of hydrogen-bond acceptors (Lipinski definition) is 4. The Hall–Kier alpha value is -1.75. The quantitative estimate of drug-likeness (QED) is 0.873. The minimum Gasteiger partial charge on any atom is -0.493 e. The predicted octanol–water partition coefficient (Wildman–Crippen LogP) is 1.98. The normalized spacial score (nSPS) is 18.1. The van der Waals surface area contributed by atoms with Gasteiger partial charge in [-0.2, -0.15) is 0 Å². The molecule has 0 spiro atoms. The fourth-order valence-electron chi connectivity index (χ4n) is 3.09. The number of likely N-dealkylation sites (tertiary alicyclic amines) is 1. The van der Waals surface area contributed by atoms with E-state index in [9.17, 15) is 4.79 Å². The number of piperidine rings is 1. The number of benzene rings is 1. The molecular formula is C17H26N2O3. The van der Waals surface area contributed by atoms with E-state index in [-0.39, 0.29) is 5.91 Å². The molecule has 5 heteroatoms. The summed E-state index contributed by atoms with van der Waals surface area (Å²) >= 11 is 0. The van der Waals surface area contributed by atoms with Gasteiger partial charge in [-0.05, 0) is 49.9 Å². The van der Waals surface area contributed by atoms with Crippen LogP contribution in [0.1, 0.15) is 31.2 Å². The van der Waals surface area contributed by atoms with Gasteiger partial charge in [0.1, 0.15) is 0 Å². The van der Waals surface area contributed by atoms with Crippen LogP contribution >= 0.6 is 0 Å². The summed E-state index contributed by atoms with van der Waals surface area (Å²) < 4.78 is 10.5.